The summed E-state index contributed by atoms with van der Waals surface area (Å²) in [5.74, 6) is 1.32. The molecule has 3 aromatic carbocycles. The number of carbonyl (C=O) groups excluding carboxylic acids is 1. The Kier molecular flexibility index (Phi) is 7.48. The SMILES string of the molecule is COc1ccc(OC)c(CCNC(=O)CCc2cn(Cc3ccc(F)cc3)c3ccccc23)c1. The highest BCUT2D eigenvalue weighted by atomic mass is 19.1. The number of fused-ring (bicyclic) bond motifs is 1. The van der Waals surface area contributed by atoms with Crippen LogP contribution >= 0.6 is 0 Å². The molecule has 0 aliphatic rings. The van der Waals surface area contributed by atoms with Crippen molar-refractivity contribution in [2.75, 3.05) is 20.8 Å². The number of nitrogens with zero attached hydrogens (tertiary/aromatic N) is 1. The van der Waals surface area contributed by atoms with Crippen molar-refractivity contribution in [2.45, 2.75) is 25.8 Å². The summed E-state index contributed by atoms with van der Waals surface area (Å²) in [5, 5.41) is 4.15. The predicted octanol–water partition coefficient (Wildman–Crippen LogP) is 5.14. The molecule has 1 amide bonds. The number of rotatable bonds is 10. The molecule has 0 saturated carbocycles. The number of nitrogens with one attached hydrogen (secondary N) is 1. The summed E-state index contributed by atoms with van der Waals surface area (Å²) >= 11 is 0. The Morgan fingerprint density at radius 1 is 0.941 bits per heavy atom. The number of aromatic nitrogens is 1. The summed E-state index contributed by atoms with van der Waals surface area (Å²) < 4.78 is 26.1. The van der Waals surface area contributed by atoms with Crippen LogP contribution in [-0.4, -0.2) is 31.2 Å². The summed E-state index contributed by atoms with van der Waals surface area (Å²) in [7, 11) is 3.26. The quantitative estimate of drug-likeness (QED) is 0.357. The zero-order chi connectivity index (χ0) is 23.9. The molecule has 0 atom stereocenters. The molecule has 34 heavy (non-hydrogen) atoms. The summed E-state index contributed by atoms with van der Waals surface area (Å²) in [5.41, 5.74) is 4.25. The molecule has 1 N–H and O–H groups in total. The highest BCUT2D eigenvalue weighted by molar-refractivity contribution is 5.85. The van der Waals surface area contributed by atoms with Gasteiger partial charge in [0, 0.05) is 36.6 Å². The standard InChI is InChI=1S/C28H29FN2O3/c1-33-24-12-13-27(34-2)21(17-24)15-16-30-28(32)14-9-22-19-31(26-6-4-3-5-25(22)26)18-20-7-10-23(29)11-8-20/h3-8,10-13,17,19H,9,14-16,18H2,1-2H3,(H,30,32). The van der Waals surface area contributed by atoms with Crippen LogP contribution in [0.2, 0.25) is 0 Å². The molecule has 0 bridgehead atoms. The van der Waals surface area contributed by atoms with Crippen LogP contribution in [0.1, 0.15) is 23.1 Å². The first-order valence-corrected chi connectivity index (χ1v) is 11.4. The Hall–Kier alpha value is -3.80. The molecule has 0 saturated heterocycles. The molecular formula is C28H29FN2O3. The van der Waals surface area contributed by atoms with E-state index < -0.39 is 0 Å². The van der Waals surface area contributed by atoms with Crippen molar-refractivity contribution < 1.29 is 18.7 Å². The number of carbonyl (C=O) groups is 1. The second-order valence-corrected chi connectivity index (χ2v) is 8.20. The zero-order valence-electron chi connectivity index (χ0n) is 19.5. The molecule has 1 heterocycles. The van der Waals surface area contributed by atoms with Gasteiger partial charge in [-0.1, -0.05) is 30.3 Å². The minimum Gasteiger partial charge on any atom is -0.497 e. The van der Waals surface area contributed by atoms with Crippen LogP contribution in [0.25, 0.3) is 10.9 Å². The molecule has 0 aliphatic heterocycles. The van der Waals surface area contributed by atoms with Crippen molar-refractivity contribution in [1.29, 1.82) is 0 Å². The van der Waals surface area contributed by atoms with Crippen LogP contribution < -0.4 is 14.8 Å². The van der Waals surface area contributed by atoms with E-state index >= 15 is 0 Å². The van der Waals surface area contributed by atoms with E-state index in [1.54, 1.807) is 26.4 Å². The number of para-hydroxylation sites is 1. The molecule has 176 valence electrons. The van der Waals surface area contributed by atoms with Crippen LogP contribution in [-0.2, 0) is 24.2 Å². The van der Waals surface area contributed by atoms with Gasteiger partial charge in [-0.25, -0.2) is 4.39 Å². The van der Waals surface area contributed by atoms with Crippen molar-refractivity contribution in [2.24, 2.45) is 0 Å². The van der Waals surface area contributed by atoms with Crippen LogP contribution in [0.5, 0.6) is 11.5 Å². The van der Waals surface area contributed by atoms with Crippen molar-refractivity contribution in [3.05, 3.63) is 95.4 Å². The average Bonchev–Trinajstić information content (AvgIpc) is 3.21. The first kappa shape index (κ1) is 23.4. The van der Waals surface area contributed by atoms with E-state index in [0.29, 0.717) is 32.4 Å². The number of ether oxygens (including phenoxy) is 2. The molecule has 4 rings (SSSR count). The number of hydrogen-bond acceptors (Lipinski definition) is 3. The van der Waals surface area contributed by atoms with Crippen molar-refractivity contribution in [1.82, 2.24) is 9.88 Å². The fourth-order valence-corrected chi connectivity index (χ4v) is 4.19. The third-order valence-corrected chi connectivity index (χ3v) is 5.96. The van der Waals surface area contributed by atoms with Gasteiger partial charge in [0.05, 0.1) is 14.2 Å². The van der Waals surface area contributed by atoms with E-state index in [1.807, 2.05) is 30.3 Å². The minimum absolute atomic E-state index is 0.0113. The van der Waals surface area contributed by atoms with E-state index in [4.69, 9.17) is 9.47 Å². The van der Waals surface area contributed by atoms with Crippen molar-refractivity contribution in [3.63, 3.8) is 0 Å². The minimum atomic E-state index is -0.238. The van der Waals surface area contributed by atoms with Gasteiger partial charge in [-0.05, 0) is 65.9 Å². The van der Waals surface area contributed by atoms with Crippen LogP contribution in [0, 0.1) is 5.82 Å². The van der Waals surface area contributed by atoms with E-state index in [9.17, 15) is 9.18 Å². The molecule has 0 unspecified atom stereocenters. The Morgan fingerprint density at radius 3 is 2.50 bits per heavy atom. The summed E-state index contributed by atoms with van der Waals surface area (Å²) in [6.45, 7) is 1.17. The van der Waals surface area contributed by atoms with Gasteiger partial charge in [-0.3, -0.25) is 4.79 Å². The molecule has 6 heteroatoms. The normalized spacial score (nSPS) is 10.9. The number of methoxy groups -OCH3 is 2. The maximum absolute atomic E-state index is 13.3. The predicted molar refractivity (Wildman–Crippen MR) is 132 cm³/mol. The topological polar surface area (TPSA) is 52.5 Å². The number of hydrogen-bond donors (Lipinski definition) is 1. The maximum atomic E-state index is 13.3. The van der Waals surface area contributed by atoms with E-state index in [2.05, 4.69) is 28.2 Å². The Bertz CT molecular complexity index is 1260. The third-order valence-electron chi connectivity index (χ3n) is 5.96. The van der Waals surface area contributed by atoms with Gasteiger partial charge in [0.1, 0.15) is 17.3 Å². The molecule has 4 aromatic rings. The molecule has 0 aliphatic carbocycles. The molecule has 0 spiro atoms. The summed E-state index contributed by atoms with van der Waals surface area (Å²) in [4.78, 5) is 12.5. The first-order valence-electron chi connectivity index (χ1n) is 11.4. The second-order valence-electron chi connectivity index (χ2n) is 8.20. The smallest absolute Gasteiger partial charge is 0.220 e. The number of amides is 1. The Balaban J connectivity index is 1.37. The lowest BCUT2D eigenvalue weighted by molar-refractivity contribution is -0.121. The van der Waals surface area contributed by atoms with E-state index in [1.165, 1.54) is 12.1 Å². The van der Waals surface area contributed by atoms with Gasteiger partial charge in [0.2, 0.25) is 5.91 Å². The van der Waals surface area contributed by atoms with Gasteiger partial charge >= 0.3 is 0 Å². The lowest BCUT2D eigenvalue weighted by Gasteiger charge is -2.11. The number of aryl methyl sites for hydroxylation is 1. The van der Waals surface area contributed by atoms with Crippen LogP contribution in [0.3, 0.4) is 0 Å². The molecular weight excluding hydrogens is 431 g/mol. The fraction of sp³-hybridized carbons (Fsp3) is 0.250. The number of benzene rings is 3. The summed E-state index contributed by atoms with van der Waals surface area (Å²) in [6.07, 6.45) is 3.80. The second kappa shape index (κ2) is 10.9. The maximum Gasteiger partial charge on any atom is 0.220 e. The van der Waals surface area contributed by atoms with Gasteiger partial charge in [0.15, 0.2) is 0 Å². The molecule has 0 radical (unpaired) electrons. The van der Waals surface area contributed by atoms with E-state index in [-0.39, 0.29) is 11.7 Å². The fourth-order valence-electron chi connectivity index (χ4n) is 4.19. The lowest BCUT2D eigenvalue weighted by Crippen LogP contribution is -2.26. The third kappa shape index (κ3) is 5.57. The highest BCUT2D eigenvalue weighted by Gasteiger charge is 2.11. The Labute approximate surface area is 199 Å². The number of halogens is 1. The van der Waals surface area contributed by atoms with Gasteiger partial charge in [0.25, 0.3) is 0 Å². The van der Waals surface area contributed by atoms with Gasteiger partial charge in [-0.2, -0.15) is 0 Å². The molecule has 5 nitrogen and oxygen atoms in total. The van der Waals surface area contributed by atoms with Crippen LogP contribution in [0.4, 0.5) is 4.39 Å². The zero-order valence-corrected chi connectivity index (χ0v) is 19.5. The lowest BCUT2D eigenvalue weighted by atomic mass is 10.1. The van der Waals surface area contributed by atoms with Crippen molar-refractivity contribution in [3.8, 4) is 11.5 Å². The molecule has 1 aromatic heterocycles. The monoisotopic (exact) mass is 460 g/mol. The highest BCUT2D eigenvalue weighted by Crippen LogP contribution is 2.25. The molecule has 0 fully saturated rings. The largest absolute Gasteiger partial charge is 0.497 e. The van der Waals surface area contributed by atoms with Crippen molar-refractivity contribution >= 4 is 16.8 Å². The average molecular weight is 461 g/mol. The summed E-state index contributed by atoms with van der Waals surface area (Å²) in [6, 6.07) is 20.4. The Morgan fingerprint density at radius 2 is 1.74 bits per heavy atom. The van der Waals surface area contributed by atoms with Gasteiger partial charge < -0.3 is 19.4 Å². The van der Waals surface area contributed by atoms with E-state index in [0.717, 1.165) is 39.1 Å². The first-order chi connectivity index (χ1) is 16.6. The van der Waals surface area contributed by atoms with Crippen LogP contribution in [0.15, 0.2) is 72.9 Å². The van der Waals surface area contributed by atoms with Gasteiger partial charge in [-0.15, -0.1) is 0 Å².